The summed E-state index contributed by atoms with van der Waals surface area (Å²) in [7, 11) is 0. The lowest BCUT2D eigenvalue weighted by molar-refractivity contribution is -0.137. The summed E-state index contributed by atoms with van der Waals surface area (Å²) in [6.45, 7) is 1.79. The van der Waals surface area contributed by atoms with Crippen LogP contribution in [0.15, 0.2) is 24.3 Å². The molecule has 1 rings (SSSR count). The van der Waals surface area contributed by atoms with Crippen molar-refractivity contribution in [1.29, 1.82) is 0 Å². The number of amides is 1. The van der Waals surface area contributed by atoms with E-state index in [0.717, 1.165) is 12.1 Å². The zero-order valence-corrected chi connectivity index (χ0v) is 10.4. The van der Waals surface area contributed by atoms with Crippen LogP contribution in [0.2, 0.25) is 0 Å². The molecule has 0 radical (unpaired) electrons. The molecule has 3 nitrogen and oxygen atoms in total. The number of rotatable bonds is 3. The highest BCUT2D eigenvalue weighted by Gasteiger charge is 2.34. The lowest BCUT2D eigenvalue weighted by atomic mass is 10.1. The van der Waals surface area contributed by atoms with Crippen molar-refractivity contribution in [1.82, 2.24) is 5.32 Å². The Bertz CT molecular complexity index is 410. The van der Waals surface area contributed by atoms with Gasteiger partial charge in [-0.25, -0.2) is 0 Å². The van der Waals surface area contributed by atoms with Gasteiger partial charge in [-0.2, -0.15) is 13.2 Å². The summed E-state index contributed by atoms with van der Waals surface area (Å²) < 4.78 is 37.9. The molecule has 0 saturated heterocycles. The maximum atomic E-state index is 12.6. The Balaban J connectivity index is 0.00000289. The lowest BCUT2D eigenvalue weighted by Gasteiger charge is -2.15. The van der Waals surface area contributed by atoms with Crippen molar-refractivity contribution < 1.29 is 18.0 Å². The molecule has 0 unspecified atom stereocenters. The second-order valence-corrected chi connectivity index (χ2v) is 3.65. The highest BCUT2D eigenvalue weighted by atomic mass is 35.5. The van der Waals surface area contributed by atoms with E-state index in [0.29, 0.717) is 0 Å². The molecule has 1 amide bonds. The van der Waals surface area contributed by atoms with Gasteiger partial charge in [0.1, 0.15) is 0 Å². The van der Waals surface area contributed by atoms with E-state index < -0.39 is 17.6 Å². The monoisotopic (exact) mass is 282 g/mol. The van der Waals surface area contributed by atoms with Gasteiger partial charge in [-0.1, -0.05) is 12.1 Å². The van der Waals surface area contributed by atoms with Crippen molar-refractivity contribution in [2.24, 2.45) is 5.73 Å². The fourth-order valence-corrected chi connectivity index (χ4v) is 1.29. The Hall–Kier alpha value is -1.27. The molecule has 0 aromatic heterocycles. The van der Waals surface area contributed by atoms with Crippen LogP contribution in [0.1, 0.15) is 22.8 Å². The smallest absolute Gasteiger partial charge is 0.348 e. The van der Waals surface area contributed by atoms with Crippen LogP contribution >= 0.6 is 12.4 Å². The third-order valence-electron chi connectivity index (χ3n) is 2.21. The molecule has 0 aliphatic carbocycles. The minimum atomic E-state index is -4.54. The number of nitrogens with one attached hydrogen (secondary N) is 1. The van der Waals surface area contributed by atoms with Gasteiger partial charge in [-0.05, 0) is 19.1 Å². The third-order valence-corrected chi connectivity index (χ3v) is 2.21. The largest absolute Gasteiger partial charge is 0.417 e. The Morgan fingerprint density at radius 2 is 1.94 bits per heavy atom. The van der Waals surface area contributed by atoms with Crippen LogP contribution < -0.4 is 11.1 Å². The van der Waals surface area contributed by atoms with Crippen LogP contribution in [-0.4, -0.2) is 18.5 Å². The SMILES string of the molecule is C[C@H](CN)NC(=O)c1ccccc1C(F)(F)F.Cl. The predicted molar refractivity (Wildman–Crippen MR) is 64.7 cm³/mol. The number of hydrogen-bond acceptors (Lipinski definition) is 2. The molecule has 7 heteroatoms. The highest BCUT2D eigenvalue weighted by Crippen LogP contribution is 2.31. The average Bonchev–Trinajstić information content (AvgIpc) is 2.27. The van der Waals surface area contributed by atoms with E-state index in [1.807, 2.05) is 0 Å². The Labute approximate surface area is 109 Å². The van der Waals surface area contributed by atoms with Crippen LogP contribution in [0.3, 0.4) is 0 Å². The molecule has 0 saturated carbocycles. The Morgan fingerprint density at radius 1 is 1.39 bits per heavy atom. The van der Waals surface area contributed by atoms with Gasteiger partial charge in [0.15, 0.2) is 0 Å². The lowest BCUT2D eigenvalue weighted by Crippen LogP contribution is -2.38. The van der Waals surface area contributed by atoms with Gasteiger partial charge < -0.3 is 11.1 Å². The molecule has 102 valence electrons. The first-order valence-corrected chi connectivity index (χ1v) is 5.03. The maximum Gasteiger partial charge on any atom is 0.417 e. The Morgan fingerprint density at radius 3 is 2.44 bits per heavy atom. The molecule has 0 aliphatic rings. The third kappa shape index (κ3) is 4.19. The van der Waals surface area contributed by atoms with Gasteiger partial charge >= 0.3 is 6.18 Å². The van der Waals surface area contributed by atoms with E-state index in [-0.39, 0.29) is 30.6 Å². The standard InChI is InChI=1S/C11H13F3N2O.ClH/c1-7(6-15)16-10(17)8-4-2-3-5-9(8)11(12,13)14;/h2-5,7H,6,15H2,1H3,(H,16,17);1H/t7-;/m1./s1. The molecular weight excluding hydrogens is 269 g/mol. The van der Waals surface area contributed by atoms with Crippen molar-refractivity contribution in [2.75, 3.05) is 6.54 Å². The first kappa shape index (κ1) is 16.7. The number of carbonyl (C=O) groups is 1. The quantitative estimate of drug-likeness (QED) is 0.893. The normalized spacial score (nSPS) is 12.5. The molecule has 1 atom stereocenters. The van der Waals surface area contributed by atoms with E-state index in [1.54, 1.807) is 6.92 Å². The van der Waals surface area contributed by atoms with E-state index in [2.05, 4.69) is 5.32 Å². The van der Waals surface area contributed by atoms with E-state index in [4.69, 9.17) is 5.73 Å². The summed E-state index contributed by atoms with van der Waals surface area (Å²) in [5.41, 5.74) is 3.95. The van der Waals surface area contributed by atoms with Gasteiger partial charge in [0.05, 0.1) is 11.1 Å². The number of carbonyl (C=O) groups excluding carboxylic acids is 1. The zero-order chi connectivity index (χ0) is 13.1. The molecule has 18 heavy (non-hydrogen) atoms. The predicted octanol–water partition coefficient (Wildman–Crippen LogP) is 2.20. The Kier molecular flexibility index (Phi) is 6.14. The minimum absolute atomic E-state index is 0. The summed E-state index contributed by atoms with van der Waals surface area (Å²) in [5.74, 6) is -0.768. The van der Waals surface area contributed by atoms with Crippen LogP contribution in [0, 0.1) is 0 Å². The van der Waals surface area contributed by atoms with Crippen molar-refractivity contribution >= 4 is 18.3 Å². The first-order chi connectivity index (χ1) is 7.86. The first-order valence-electron chi connectivity index (χ1n) is 5.03. The molecule has 0 aliphatic heterocycles. The van der Waals surface area contributed by atoms with Crippen LogP contribution in [0.25, 0.3) is 0 Å². The molecule has 0 bridgehead atoms. The minimum Gasteiger partial charge on any atom is -0.348 e. The van der Waals surface area contributed by atoms with Gasteiger partial charge in [0.2, 0.25) is 0 Å². The maximum absolute atomic E-state index is 12.6. The molecule has 0 fully saturated rings. The fraction of sp³-hybridized carbons (Fsp3) is 0.364. The summed E-state index contributed by atoms with van der Waals surface area (Å²) in [6.07, 6.45) is -4.54. The molecule has 3 N–H and O–H groups in total. The van der Waals surface area contributed by atoms with Gasteiger partial charge in [-0.15, -0.1) is 12.4 Å². The van der Waals surface area contributed by atoms with Crippen molar-refractivity contribution in [3.63, 3.8) is 0 Å². The number of nitrogens with two attached hydrogens (primary N) is 1. The van der Waals surface area contributed by atoms with Gasteiger partial charge in [0, 0.05) is 12.6 Å². The highest BCUT2D eigenvalue weighted by molar-refractivity contribution is 5.96. The summed E-state index contributed by atoms with van der Waals surface area (Å²) in [5, 5.41) is 2.39. The second kappa shape index (κ2) is 6.61. The fourth-order valence-electron chi connectivity index (χ4n) is 1.29. The number of halogens is 4. The van der Waals surface area contributed by atoms with E-state index >= 15 is 0 Å². The van der Waals surface area contributed by atoms with Crippen molar-refractivity contribution in [3.05, 3.63) is 35.4 Å². The molecule has 0 heterocycles. The number of benzene rings is 1. The number of alkyl halides is 3. The van der Waals surface area contributed by atoms with Crippen LogP contribution in [-0.2, 0) is 6.18 Å². The van der Waals surface area contributed by atoms with Crippen molar-refractivity contribution in [3.8, 4) is 0 Å². The van der Waals surface area contributed by atoms with Crippen molar-refractivity contribution in [2.45, 2.75) is 19.1 Å². The zero-order valence-electron chi connectivity index (χ0n) is 9.62. The molecule has 1 aromatic carbocycles. The summed E-state index contributed by atoms with van der Waals surface area (Å²) in [6, 6.07) is 4.27. The molecule has 1 aromatic rings. The molecular formula is C11H14ClF3N2O. The van der Waals surface area contributed by atoms with E-state index in [1.165, 1.54) is 12.1 Å². The van der Waals surface area contributed by atoms with Crippen LogP contribution in [0.4, 0.5) is 13.2 Å². The second-order valence-electron chi connectivity index (χ2n) is 3.65. The summed E-state index contributed by atoms with van der Waals surface area (Å²) in [4.78, 5) is 11.6. The van der Waals surface area contributed by atoms with E-state index in [9.17, 15) is 18.0 Å². The van der Waals surface area contributed by atoms with Crippen LogP contribution in [0.5, 0.6) is 0 Å². The number of hydrogen-bond donors (Lipinski definition) is 2. The molecule has 0 spiro atoms. The topological polar surface area (TPSA) is 55.1 Å². The average molecular weight is 283 g/mol. The van der Waals surface area contributed by atoms with Gasteiger partial charge in [-0.3, -0.25) is 4.79 Å². The van der Waals surface area contributed by atoms with Gasteiger partial charge in [0.25, 0.3) is 5.91 Å². The summed E-state index contributed by atoms with van der Waals surface area (Å²) >= 11 is 0.